The van der Waals surface area contributed by atoms with Crippen LogP contribution in [-0.2, 0) is 11.2 Å². The lowest BCUT2D eigenvalue weighted by Gasteiger charge is -2.10. The molecule has 0 radical (unpaired) electrons. The minimum absolute atomic E-state index is 0.0508. The van der Waals surface area contributed by atoms with E-state index in [1.165, 1.54) is 11.3 Å². The Morgan fingerprint density at radius 2 is 1.81 bits per heavy atom. The van der Waals surface area contributed by atoms with Gasteiger partial charge < -0.3 is 0 Å². The van der Waals surface area contributed by atoms with Gasteiger partial charge in [0.2, 0.25) is 5.91 Å². The third-order valence-corrected chi connectivity index (χ3v) is 3.57. The van der Waals surface area contributed by atoms with Crippen molar-refractivity contribution in [2.45, 2.75) is 6.42 Å². The molecule has 1 heterocycles. The van der Waals surface area contributed by atoms with E-state index in [0.717, 1.165) is 5.56 Å². The van der Waals surface area contributed by atoms with E-state index >= 15 is 0 Å². The summed E-state index contributed by atoms with van der Waals surface area (Å²) in [5, 5.41) is 4.33. The molecule has 0 aliphatic rings. The highest BCUT2D eigenvalue weighted by molar-refractivity contribution is 7.80. The number of hydrogen-bond donors (Lipinski definition) is 3. The van der Waals surface area contributed by atoms with Crippen LogP contribution in [0.25, 0.3) is 0 Å². The van der Waals surface area contributed by atoms with Crippen molar-refractivity contribution in [3.8, 4) is 0 Å². The van der Waals surface area contributed by atoms with E-state index in [0.29, 0.717) is 4.88 Å². The first kappa shape index (κ1) is 15.1. The van der Waals surface area contributed by atoms with Crippen LogP contribution in [0.15, 0.2) is 47.8 Å². The van der Waals surface area contributed by atoms with E-state index in [4.69, 9.17) is 12.2 Å². The number of amides is 2. The first-order chi connectivity index (χ1) is 10.1. The van der Waals surface area contributed by atoms with E-state index in [1.807, 2.05) is 30.3 Å². The van der Waals surface area contributed by atoms with Gasteiger partial charge in [-0.05, 0) is 29.2 Å². The number of nitrogens with one attached hydrogen (secondary N) is 3. The second-order valence-electron chi connectivity index (χ2n) is 4.10. The molecule has 2 rings (SSSR count). The highest BCUT2D eigenvalue weighted by atomic mass is 32.1. The van der Waals surface area contributed by atoms with Gasteiger partial charge >= 0.3 is 0 Å². The minimum Gasteiger partial charge on any atom is -0.297 e. The lowest BCUT2D eigenvalue weighted by molar-refractivity contribution is -0.121. The highest BCUT2D eigenvalue weighted by Crippen LogP contribution is 2.07. The van der Waals surface area contributed by atoms with E-state index in [9.17, 15) is 9.59 Å². The number of benzene rings is 1. The van der Waals surface area contributed by atoms with E-state index in [-0.39, 0.29) is 23.3 Å². The van der Waals surface area contributed by atoms with Gasteiger partial charge in [0.1, 0.15) is 0 Å². The average Bonchev–Trinajstić information content (AvgIpc) is 3.00. The van der Waals surface area contributed by atoms with Crippen molar-refractivity contribution in [1.82, 2.24) is 16.2 Å². The highest BCUT2D eigenvalue weighted by Gasteiger charge is 2.09. The lowest BCUT2D eigenvalue weighted by atomic mass is 10.1. The fourth-order valence-electron chi connectivity index (χ4n) is 1.56. The average molecular weight is 319 g/mol. The summed E-state index contributed by atoms with van der Waals surface area (Å²) in [5.74, 6) is -0.547. The van der Waals surface area contributed by atoms with Crippen LogP contribution in [0.5, 0.6) is 0 Å². The van der Waals surface area contributed by atoms with Crippen molar-refractivity contribution in [3.63, 3.8) is 0 Å². The zero-order chi connectivity index (χ0) is 15.1. The van der Waals surface area contributed by atoms with Gasteiger partial charge in [0.05, 0.1) is 11.3 Å². The fraction of sp³-hybridized carbons (Fsp3) is 0.0714. The van der Waals surface area contributed by atoms with Gasteiger partial charge in [-0.15, -0.1) is 11.3 Å². The van der Waals surface area contributed by atoms with Gasteiger partial charge in [0.25, 0.3) is 5.91 Å². The molecule has 1 aromatic heterocycles. The normalized spacial score (nSPS) is 9.71. The van der Waals surface area contributed by atoms with Crippen LogP contribution in [0, 0.1) is 0 Å². The van der Waals surface area contributed by atoms with Gasteiger partial charge in [-0.2, -0.15) is 0 Å². The first-order valence-electron chi connectivity index (χ1n) is 6.13. The Kier molecular flexibility index (Phi) is 5.42. The molecular formula is C14H13N3O2S2. The van der Waals surface area contributed by atoms with Crippen molar-refractivity contribution in [3.05, 3.63) is 58.3 Å². The van der Waals surface area contributed by atoms with E-state index < -0.39 is 0 Å². The van der Waals surface area contributed by atoms with Crippen LogP contribution in [0.3, 0.4) is 0 Å². The molecule has 0 aliphatic carbocycles. The minimum atomic E-state index is -0.306. The largest absolute Gasteiger partial charge is 0.297 e. The molecule has 5 nitrogen and oxygen atoms in total. The Morgan fingerprint density at radius 3 is 2.48 bits per heavy atom. The number of rotatable bonds is 3. The second-order valence-corrected chi connectivity index (χ2v) is 5.45. The molecule has 21 heavy (non-hydrogen) atoms. The second kappa shape index (κ2) is 7.51. The third kappa shape index (κ3) is 4.97. The van der Waals surface area contributed by atoms with Crippen LogP contribution in [-0.4, -0.2) is 16.9 Å². The predicted molar refractivity (Wildman–Crippen MR) is 85.8 cm³/mol. The molecule has 0 fully saturated rings. The number of hydrogen-bond acceptors (Lipinski definition) is 4. The molecule has 0 spiro atoms. The third-order valence-electron chi connectivity index (χ3n) is 2.49. The fourth-order valence-corrected chi connectivity index (χ4v) is 2.32. The summed E-state index contributed by atoms with van der Waals surface area (Å²) >= 11 is 6.25. The van der Waals surface area contributed by atoms with Gasteiger partial charge in [-0.1, -0.05) is 36.4 Å². The molecule has 0 unspecified atom stereocenters. The molecule has 3 N–H and O–H groups in total. The molecule has 1 aromatic carbocycles. The Morgan fingerprint density at radius 1 is 1.05 bits per heavy atom. The molecule has 0 aliphatic heterocycles. The van der Waals surface area contributed by atoms with Crippen LogP contribution >= 0.6 is 23.6 Å². The molecular weight excluding hydrogens is 306 g/mol. The smallest absolute Gasteiger partial charge is 0.267 e. The summed E-state index contributed by atoms with van der Waals surface area (Å²) in [6, 6.07) is 12.8. The summed E-state index contributed by atoms with van der Waals surface area (Å²) in [5.41, 5.74) is 5.83. The van der Waals surface area contributed by atoms with Crippen molar-refractivity contribution in [2.24, 2.45) is 0 Å². The van der Waals surface area contributed by atoms with Crippen LogP contribution in [0.2, 0.25) is 0 Å². The summed E-state index contributed by atoms with van der Waals surface area (Å²) in [4.78, 5) is 23.9. The number of hydrazine groups is 1. The van der Waals surface area contributed by atoms with Gasteiger partial charge in [-0.25, -0.2) is 0 Å². The molecule has 0 atom stereocenters. The molecule has 0 bridgehead atoms. The zero-order valence-electron chi connectivity index (χ0n) is 11.0. The lowest BCUT2D eigenvalue weighted by Crippen LogP contribution is -2.48. The molecule has 2 aromatic rings. The van der Waals surface area contributed by atoms with Crippen molar-refractivity contribution in [2.75, 3.05) is 0 Å². The topological polar surface area (TPSA) is 70.2 Å². The quantitative estimate of drug-likeness (QED) is 0.594. The molecule has 0 saturated heterocycles. The first-order valence-corrected chi connectivity index (χ1v) is 7.41. The zero-order valence-corrected chi connectivity index (χ0v) is 12.6. The SMILES string of the molecule is O=C(Cc1ccccc1)NNC(=S)NC(=O)c1cccs1. The maximum atomic E-state index is 11.7. The summed E-state index contributed by atoms with van der Waals surface area (Å²) < 4.78 is 0. The van der Waals surface area contributed by atoms with Crippen LogP contribution in [0.1, 0.15) is 15.2 Å². The van der Waals surface area contributed by atoms with Crippen LogP contribution in [0.4, 0.5) is 0 Å². The van der Waals surface area contributed by atoms with Crippen molar-refractivity contribution in [1.29, 1.82) is 0 Å². The van der Waals surface area contributed by atoms with Crippen LogP contribution < -0.4 is 16.2 Å². The Hall–Kier alpha value is -2.25. The maximum absolute atomic E-state index is 11.7. The summed E-state index contributed by atoms with van der Waals surface area (Å²) in [6.45, 7) is 0. The standard InChI is InChI=1S/C14H13N3O2S2/c18-12(9-10-5-2-1-3-6-10)16-17-14(20)15-13(19)11-7-4-8-21-11/h1-8H,9H2,(H,16,18)(H2,15,17,19,20). The monoisotopic (exact) mass is 319 g/mol. The molecule has 2 amide bonds. The van der Waals surface area contributed by atoms with Crippen molar-refractivity contribution >= 4 is 40.5 Å². The predicted octanol–water partition coefficient (Wildman–Crippen LogP) is 1.63. The van der Waals surface area contributed by atoms with Gasteiger partial charge in [-0.3, -0.25) is 25.8 Å². The summed E-state index contributed by atoms with van der Waals surface area (Å²) in [7, 11) is 0. The number of carbonyl (C=O) groups is 2. The maximum Gasteiger partial charge on any atom is 0.267 e. The number of thiocarbonyl (C=S) groups is 1. The molecule has 0 saturated carbocycles. The Bertz CT molecular complexity index is 627. The van der Waals surface area contributed by atoms with Crippen molar-refractivity contribution < 1.29 is 9.59 Å². The number of carbonyl (C=O) groups excluding carboxylic acids is 2. The summed E-state index contributed by atoms with van der Waals surface area (Å²) in [6.07, 6.45) is 0.231. The van der Waals surface area contributed by atoms with Gasteiger partial charge in [0, 0.05) is 0 Å². The Balaban J connectivity index is 1.74. The van der Waals surface area contributed by atoms with E-state index in [2.05, 4.69) is 16.2 Å². The number of thiophene rings is 1. The molecule has 108 valence electrons. The Labute approximate surface area is 131 Å². The van der Waals surface area contributed by atoms with Gasteiger partial charge in [0.15, 0.2) is 5.11 Å². The molecule has 7 heteroatoms. The van der Waals surface area contributed by atoms with E-state index in [1.54, 1.807) is 17.5 Å².